The number of alkyl halides is 3. The molecular formula is C28H27BrF2O5. The average molecular weight is 561 g/mol. The van der Waals surface area contributed by atoms with Crippen LogP contribution in [0.1, 0.15) is 16.7 Å². The lowest BCUT2D eigenvalue weighted by Crippen LogP contribution is -2.61. The van der Waals surface area contributed by atoms with Gasteiger partial charge < -0.3 is 18.9 Å². The minimum atomic E-state index is -3.58. The third kappa shape index (κ3) is 7.27. The predicted molar refractivity (Wildman–Crippen MR) is 134 cm³/mol. The molecule has 3 aromatic rings. The van der Waals surface area contributed by atoms with E-state index in [0.29, 0.717) is 0 Å². The van der Waals surface area contributed by atoms with Crippen molar-refractivity contribution in [2.24, 2.45) is 0 Å². The lowest BCUT2D eigenvalue weighted by molar-refractivity contribution is -0.231. The number of Topliss-reactive ketones (excluding diaryl/α,β-unsaturated/α-hetero) is 1. The normalized spacial score (nSPS) is 22.5. The maximum absolute atomic E-state index is 14.4. The highest BCUT2D eigenvalue weighted by Crippen LogP contribution is 2.36. The van der Waals surface area contributed by atoms with E-state index in [1.54, 1.807) is 0 Å². The molecule has 0 aromatic heterocycles. The van der Waals surface area contributed by atoms with Crippen LogP contribution in [0.2, 0.25) is 0 Å². The number of rotatable bonds is 11. The van der Waals surface area contributed by atoms with Gasteiger partial charge in [-0.15, -0.1) is 0 Å². The SMILES string of the molecule is O=C1[C@@H](OCc2ccccc2)[C@@H](OCc2ccccc2)[C@@H](COCc2ccccc2)O[C@@H]1C(F)(F)Br. The Hall–Kier alpha value is -2.49. The highest BCUT2D eigenvalue weighted by molar-refractivity contribution is 9.10. The zero-order valence-electron chi connectivity index (χ0n) is 19.5. The molecule has 4 atom stereocenters. The number of ether oxygens (including phenoxy) is 4. The summed E-state index contributed by atoms with van der Waals surface area (Å²) in [7, 11) is 0. The topological polar surface area (TPSA) is 54.0 Å². The highest BCUT2D eigenvalue weighted by atomic mass is 79.9. The maximum Gasteiger partial charge on any atom is 0.334 e. The number of ketones is 1. The fourth-order valence-corrected chi connectivity index (χ4v) is 4.30. The van der Waals surface area contributed by atoms with Crippen molar-refractivity contribution in [1.29, 1.82) is 0 Å². The van der Waals surface area contributed by atoms with Crippen molar-refractivity contribution in [2.45, 2.75) is 49.1 Å². The second-order valence-corrected chi connectivity index (χ2v) is 9.53. The molecule has 8 heteroatoms. The Morgan fingerprint density at radius 1 is 0.750 bits per heavy atom. The molecule has 0 N–H and O–H groups in total. The van der Waals surface area contributed by atoms with E-state index in [9.17, 15) is 13.6 Å². The van der Waals surface area contributed by atoms with Crippen LogP contribution in [0.3, 0.4) is 0 Å². The van der Waals surface area contributed by atoms with Crippen LogP contribution < -0.4 is 0 Å². The van der Waals surface area contributed by atoms with Crippen LogP contribution in [-0.4, -0.2) is 41.6 Å². The van der Waals surface area contributed by atoms with Crippen molar-refractivity contribution in [3.8, 4) is 0 Å². The van der Waals surface area contributed by atoms with Gasteiger partial charge in [-0.05, 0) is 32.6 Å². The minimum Gasteiger partial charge on any atom is -0.374 e. The summed E-state index contributed by atoms with van der Waals surface area (Å²) in [6.45, 7) is 0.399. The summed E-state index contributed by atoms with van der Waals surface area (Å²) >= 11 is 2.32. The van der Waals surface area contributed by atoms with Crippen LogP contribution in [0, 0.1) is 0 Å². The van der Waals surface area contributed by atoms with E-state index in [2.05, 4.69) is 15.9 Å². The molecule has 1 aliphatic heterocycles. The van der Waals surface area contributed by atoms with Gasteiger partial charge in [0.2, 0.25) is 0 Å². The Morgan fingerprint density at radius 2 is 1.22 bits per heavy atom. The summed E-state index contributed by atoms with van der Waals surface area (Å²) < 4.78 is 52.2. The molecule has 190 valence electrons. The molecule has 1 saturated heterocycles. The Kier molecular flexibility index (Phi) is 9.34. The molecule has 0 spiro atoms. The lowest BCUT2D eigenvalue weighted by atomic mass is 9.96. The predicted octanol–water partition coefficient (Wildman–Crippen LogP) is 5.70. The van der Waals surface area contributed by atoms with Crippen molar-refractivity contribution < 1.29 is 32.5 Å². The summed E-state index contributed by atoms with van der Waals surface area (Å²) in [5.74, 6) is -0.884. The van der Waals surface area contributed by atoms with E-state index in [4.69, 9.17) is 18.9 Å². The third-order valence-electron chi connectivity index (χ3n) is 5.76. The molecule has 36 heavy (non-hydrogen) atoms. The van der Waals surface area contributed by atoms with Gasteiger partial charge >= 0.3 is 4.83 Å². The van der Waals surface area contributed by atoms with Crippen LogP contribution in [0.4, 0.5) is 8.78 Å². The summed E-state index contributed by atoms with van der Waals surface area (Å²) in [5, 5.41) is 0. The van der Waals surface area contributed by atoms with E-state index in [-0.39, 0.29) is 26.4 Å². The third-order valence-corrected chi connectivity index (χ3v) is 6.18. The summed E-state index contributed by atoms with van der Waals surface area (Å²) in [6, 6.07) is 28.0. The fourth-order valence-electron chi connectivity index (χ4n) is 3.96. The molecule has 0 aliphatic carbocycles. The van der Waals surface area contributed by atoms with Crippen LogP contribution in [0.15, 0.2) is 91.0 Å². The second-order valence-electron chi connectivity index (χ2n) is 8.48. The van der Waals surface area contributed by atoms with Crippen molar-refractivity contribution in [1.82, 2.24) is 0 Å². The Balaban J connectivity index is 1.55. The Morgan fingerprint density at radius 3 is 1.72 bits per heavy atom. The van der Waals surface area contributed by atoms with E-state index >= 15 is 0 Å². The first-order valence-electron chi connectivity index (χ1n) is 11.6. The van der Waals surface area contributed by atoms with Crippen molar-refractivity contribution in [3.05, 3.63) is 108 Å². The van der Waals surface area contributed by atoms with Gasteiger partial charge in [-0.2, -0.15) is 8.78 Å². The minimum absolute atomic E-state index is 0.0562. The molecule has 5 nitrogen and oxygen atoms in total. The van der Waals surface area contributed by atoms with Crippen LogP contribution in [0.25, 0.3) is 0 Å². The Labute approximate surface area is 217 Å². The average Bonchev–Trinajstić information content (AvgIpc) is 2.89. The van der Waals surface area contributed by atoms with Gasteiger partial charge in [0, 0.05) is 0 Å². The zero-order chi connectivity index (χ0) is 25.4. The number of hydrogen-bond acceptors (Lipinski definition) is 5. The molecule has 0 saturated carbocycles. The molecular weight excluding hydrogens is 534 g/mol. The van der Waals surface area contributed by atoms with Crippen LogP contribution in [-0.2, 0) is 43.6 Å². The number of halogens is 3. The van der Waals surface area contributed by atoms with Gasteiger partial charge in [-0.25, -0.2) is 0 Å². The molecule has 4 rings (SSSR count). The quantitative estimate of drug-likeness (QED) is 0.282. The summed E-state index contributed by atoms with van der Waals surface area (Å²) in [5.41, 5.74) is 2.59. The van der Waals surface area contributed by atoms with Gasteiger partial charge in [-0.3, -0.25) is 4.79 Å². The van der Waals surface area contributed by atoms with Gasteiger partial charge in [0.15, 0.2) is 11.9 Å². The molecule has 3 aromatic carbocycles. The summed E-state index contributed by atoms with van der Waals surface area (Å²) in [4.78, 5) is 9.59. The van der Waals surface area contributed by atoms with Gasteiger partial charge in [0.05, 0.1) is 26.4 Å². The first-order chi connectivity index (χ1) is 17.4. The molecule has 0 radical (unpaired) electrons. The van der Waals surface area contributed by atoms with E-state index in [1.807, 2.05) is 91.0 Å². The molecule has 0 unspecified atom stereocenters. The Bertz CT molecular complexity index is 1080. The van der Waals surface area contributed by atoms with Gasteiger partial charge in [0.25, 0.3) is 0 Å². The molecule has 1 aliphatic rings. The first kappa shape index (κ1) is 26.6. The lowest BCUT2D eigenvalue weighted by Gasteiger charge is -2.41. The zero-order valence-corrected chi connectivity index (χ0v) is 21.1. The van der Waals surface area contributed by atoms with Crippen LogP contribution in [0.5, 0.6) is 0 Å². The van der Waals surface area contributed by atoms with E-state index in [1.165, 1.54) is 0 Å². The first-order valence-corrected chi connectivity index (χ1v) is 12.4. The number of carbonyl (C=O) groups is 1. The van der Waals surface area contributed by atoms with Crippen molar-refractivity contribution >= 4 is 21.7 Å². The molecule has 0 bridgehead atoms. The molecule has 0 amide bonds. The second kappa shape index (κ2) is 12.7. The summed E-state index contributed by atoms with van der Waals surface area (Å²) in [6.07, 6.45) is -5.24. The largest absolute Gasteiger partial charge is 0.374 e. The number of hydrogen-bond donors (Lipinski definition) is 0. The molecule has 1 fully saturated rings. The monoisotopic (exact) mass is 560 g/mol. The van der Waals surface area contributed by atoms with E-state index < -0.39 is 35.0 Å². The number of benzene rings is 3. The number of carbonyl (C=O) groups excluding carboxylic acids is 1. The maximum atomic E-state index is 14.4. The highest BCUT2D eigenvalue weighted by Gasteiger charge is 2.55. The van der Waals surface area contributed by atoms with Crippen LogP contribution >= 0.6 is 15.9 Å². The van der Waals surface area contributed by atoms with Gasteiger partial charge in [0.1, 0.15) is 18.3 Å². The fraction of sp³-hybridized carbons (Fsp3) is 0.321. The van der Waals surface area contributed by atoms with Crippen molar-refractivity contribution in [2.75, 3.05) is 6.61 Å². The van der Waals surface area contributed by atoms with Crippen molar-refractivity contribution in [3.63, 3.8) is 0 Å². The standard InChI is InChI=1S/C28H27BrF2O5/c29-28(30,31)27-24(32)26(35-18-22-14-8-3-9-15-22)25(34-17-21-12-6-2-7-13-21)23(36-27)19-33-16-20-10-4-1-5-11-20/h1-15,23,25-27H,16-19H2/t23-,25+,26-,27+/m1/s1. The van der Waals surface area contributed by atoms with E-state index in [0.717, 1.165) is 16.7 Å². The molecule has 1 heterocycles. The van der Waals surface area contributed by atoms with Gasteiger partial charge in [-0.1, -0.05) is 91.0 Å². The smallest absolute Gasteiger partial charge is 0.334 e.